The second-order valence-corrected chi connectivity index (χ2v) is 9.71. The predicted molar refractivity (Wildman–Crippen MR) is 112 cm³/mol. The first-order valence-electron chi connectivity index (χ1n) is 8.56. The van der Waals surface area contributed by atoms with E-state index in [0.29, 0.717) is 16.5 Å². The fourth-order valence-corrected chi connectivity index (χ4v) is 6.47. The molecule has 0 saturated heterocycles. The van der Waals surface area contributed by atoms with Gasteiger partial charge in [-0.3, -0.25) is 4.31 Å². The smallest absolute Gasteiger partial charge is 0.257 e. The minimum Gasteiger partial charge on any atom is -0.257 e. The van der Waals surface area contributed by atoms with E-state index in [4.69, 9.17) is 11.6 Å². The van der Waals surface area contributed by atoms with Crippen LogP contribution in [0.2, 0.25) is 5.02 Å². The number of para-hydroxylation sites is 1. The van der Waals surface area contributed by atoms with Crippen molar-refractivity contribution >= 4 is 39.1 Å². The van der Waals surface area contributed by atoms with E-state index in [9.17, 15) is 8.42 Å². The third kappa shape index (κ3) is 3.35. The van der Waals surface area contributed by atoms with Gasteiger partial charge in [0.15, 0.2) is 0 Å². The van der Waals surface area contributed by atoms with Gasteiger partial charge in [-0.15, -0.1) is 11.8 Å². The molecule has 1 heterocycles. The molecule has 0 aliphatic carbocycles. The molecule has 0 saturated carbocycles. The Bertz CT molecular complexity index is 1080. The van der Waals surface area contributed by atoms with Crippen molar-refractivity contribution in [2.75, 3.05) is 10.1 Å². The van der Waals surface area contributed by atoms with Gasteiger partial charge in [-0.2, -0.15) is 0 Å². The normalized spacial score (nSPS) is 16.8. The highest BCUT2D eigenvalue weighted by molar-refractivity contribution is 8.00. The number of rotatable bonds is 3. The van der Waals surface area contributed by atoms with Crippen molar-refractivity contribution in [1.82, 2.24) is 0 Å². The van der Waals surface area contributed by atoms with E-state index < -0.39 is 10.0 Å². The summed E-state index contributed by atoms with van der Waals surface area (Å²) in [6.45, 7) is 1.94. The summed E-state index contributed by atoms with van der Waals surface area (Å²) < 4.78 is 28.8. The zero-order valence-corrected chi connectivity index (χ0v) is 17.1. The van der Waals surface area contributed by atoms with E-state index in [0.717, 1.165) is 16.0 Å². The molecule has 0 radical (unpaired) electrons. The molecule has 0 spiro atoms. The first-order chi connectivity index (χ1) is 13.0. The Morgan fingerprint density at radius 1 is 0.963 bits per heavy atom. The van der Waals surface area contributed by atoms with E-state index in [2.05, 4.69) is 0 Å². The fraction of sp³-hybridized carbons (Fsp3) is 0.143. The third-order valence-electron chi connectivity index (χ3n) is 4.62. The van der Waals surface area contributed by atoms with Crippen LogP contribution in [-0.2, 0) is 10.0 Å². The van der Waals surface area contributed by atoms with Gasteiger partial charge in [-0.1, -0.05) is 59.6 Å². The Morgan fingerprint density at radius 2 is 1.63 bits per heavy atom. The van der Waals surface area contributed by atoms with Crippen LogP contribution in [0.25, 0.3) is 0 Å². The molecule has 0 N–H and O–H groups in total. The summed E-state index contributed by atoms with van der Waals surface area (Å²) in [4.78, 5) is 1.24. The molecule has 3 aromatic carbocycles. The Hall–Kier alpha value is -1.95. The lowest BCUT2D eigenvalue weighted by molar-refractivity contribution is 0.582. The van der Waals surface area contributed by atoms with Crippen molar-refractivity contribution < 1.29 is 8.42 Å². The van der Waals surface area contributed by atoms with Gasteiger partial charge in [0.25, 0.3) is 10.0 Å². The number of halogens is 1. The Morgan fingerprint density at radius 3 is 2.37 bits per heavy atom. The fourth-order valence-electron chi connectivity index (χ4n) is 3.25. The summed E-state index contributed by atoms with van der Waals surface area (Å²) in [6.07, 6.45) is 0. The van der Waals surface area contributed by atoms with Gasteiger partial charge < -0.3 is 0 Å². The highest BCUT2D eigenvalue weighted by Crippen LogP contribution is 2.47. The number of sulfonamides is 1. The number of aryl methyl sites for hydroxylation is 1. The number of nitrogens with zero attached hydrogens (tertiary/aromatic N) is 1. The van der Waals surface area contributed by atoms with Gasteiger partial charge in [-0.05, 0) is 42.8 Å². The number of anilines is 1. The lowest BCUT2D eigenvalue weighted by Gasteiger charge is -2.38. The summed E-state index contributed by atoms with van der Waals surface area (Å²) in [5.74, 6) is 0.603. The zero-order valence-electron chi connectivity index (χ0n) is 14.7. The van der Waals surface area contributed by atoms with Gasteiger partial charge in [0, 0.05) is 15.7 Å². The molecule has 3 nitrogen and oxygen atoms in total. The lowest BCUT2D eigenvalue weighted by atomic mass is 10.1. The minimum atomic E-state index is -3.74. The van der Waals surface area contributed by atoms with Gasteiger partial charge in [0.2, 0.25) is 0 Å². The summed E-state index contributed by atoms with van der Waals surface area (Å²) in [6, 6.07) is 21.7. The molecule has 6 heteroatoms. The largest absolute Gasteiger partial charge is 0.264 e. The molecule has 0 fully saturated rings. The molecule has 0 amide bonds. The summed E-state index contributed by atoms with van der Waals surface area (Å²) >= 11 is 8.09. The van der Waals surface area contributed by atoms with E-state index in [1.807, 2.05) is 61.5 Å². The highest BCUT2D eigenvalue weighted by Gasteiger charge is 2.38. The van der Waals surface area contributed by atoms with Gasteiger partial charge in [-0.25, -0.2) is 8.42 Å². The van der Waals surface area contributed by atoms with Crippen LogP contribution < -0.4 is 4.31 Å². The summed E-state index contributed by atoms with van der Waals surface area (Å²) in [7, 11) is -3.74. The van der Waals surface area contributed by atoms with Crippen LogP contribution in [0.1, 0.15) is 17.2 Å². The third-order valence-corrected chi connectivity index (χ3v) is 7.94. The van der Waals surface area contributed by atoms with E-state index in [1.54, 1.807) is 30.0 Å². The van der Waals surface area contributed by atoms with Crippen LogP contribution >= 0.6 is 23.4 Å². The monoisotopic (exact) mass is 415 g/mol. The Labute approximate surface area is 169 Å². The van der Waals surface area contributed by atoms with Crippen molar-refractivity contribution in [1.29, 1.82) is 0 Å². The van der Waals surface area contributed by atoms with Crippen molar-refractivity contribution in [3.8, 4) is 0 Å². The molecule has 1 aliphatic rings. The van der Waals surface area contributed by atoms with Crippen LogP contribution in [0.15, 0.2) is 82.6 Å². The minimum absolute atomic E-state index is 0.284. The van der Waals surface area contributed by atoms with Crippen molar-refractivity contribution in [2.45, 2.75) is 22.8 Å². The molecular formula is C21H18ClNO2S2. The second-order valence-electron chi connectivity index (χ2n) is 6.43. The van der Waals surface area contributed by atoms with E-state index in [-0.39, 0.29) is 10.9 Å². The summed E-state index contributed by atoms with van der Waals surface area (Å²) in [5, 5.41) is 0.576. The van der Waals surface area contributed by atoms with Crippen LogP contribution in [0.4, 0.5) is 5.69 Å². The molecule has 0 bridgehead atoms. The van der Waals surface area contributed by atoms with Crippen LogP contribution in [-0.4, -0.2) is 14.2 Å². The molecular weight excluding hydrogens is 398 g/mol. The zero-order chi connectivity index (χ0) is 19.0. The Balaban J connectivity index is 1.91. The number of thioether (sulfide) groups is 1. The maximum atomic E-state index is 13.6. The van der Waals surface area contributed by atoms with E-state index >= 15 is 0 Å². The first kappa shape index (κ1) is 18.4. The number of hydrogen-bond donors (Lipinski definition) is 0. The average Bonchev–Trinajstić information content (AvgIpc) is 2.68. The van der Waals surface area contributed by atoms with Crippen molar-refractivity contribution in [3.05, 3.63) is 88.9 Å². The standard InChI is InChI=1S/C21H18ClNO2S2/c1-15-10-12-16(13-11-15)27(24,25)23-19-8-4-5-9-21(19)26-14-20(23)17-6-2-3-7-18(17)22/h2-13,20H,14H2,1H3. The van der Waals surface area contributed by atoms with Crippen molar-refractivity contribution in [3.63, 3.8) is 0 Å². The topological polar surface area (TPSA) is 37.4 Å². The van der Waals surface area contributed by atoms with Gasteiger partial charge >= 0.3 is 0 Å². The number of hydrogen-bond acceptors (Lipinski definition) is 3. The molecule has 1 atom stereocenters. The molecule has 138 valence electrons. The molecule has 0 aromatic heterocycles. The lowest BCUT2D eigenvalue weighted by Crippen LogP contribution is -2.38. The molecule has 1 unspecified atom stereocenters. The van der Waals surface area contributed by atoms with Gasteiger partial charge in [0.1, 0.15) is 0 Å². The molecule has 1 aliphatic heterocycles. The molecule has 4 rings (SSSR count). The quantitative estimate of drug-likeness (QED) is 0.551. The van der Waals surface area contributed by atoms with Crippen molar-refractivity contribution in [2.24, 2.45) is 0 Å². The highest BCUT2D eigenvalue weighted by atomic mass is 35.5. The molecule has 27 heavy (non-hydrogen) atoms. The predicted octanol–water partition coefficient (Wildman–Crippen LogP) is 5.69. The maximum absolute atomic E-state index is 13.6. The SMILES string of the molecule is Cc1ccc(S(=O)(=O)N2c3ccccc3SCC2c2ccccc2Cl)cc1. The number of benzene rings is 3. The van der Waals surface area contributed by atoms with Crippen LogP contribution in [0.5, 0.6) is 0 Å². The van der Waals surface area contributed by atoms with Crippen LogP contribution in [0, 0.1) is 6.92 Å². The van der Waals surface area contributed by atoms with E-state index in [1.165, 1.54) is 4.31 Å². The Kier molecular flexibility index (Phi) is 4.93. The molecule has 3 aromatic rings. The number of fused-ring (bicyclic) bond motifs is 1. The first-order valence-corrected chi connectivity index (χ1v) is 11.4. The maximum Gasteiger partial charge on any atom is 0.264 e. The summed E-state index contributed by atoms with van der Waals surface area (Å²) in [5.41, 5.74) is 2.53. The second kappa shape index (κ2) is 7.23. The van der Waals surface area contributed by atoms with Crippen LogP contribution in [0.3, 0.4) is 0 Å². The van der Waals surface area contributed by atoms with Gasteiger partial charge in [0.05, 0.1) is 16.6 Å². The average molecular weight is 416 g/mol.